The Labute approximate surface area is 102 Å². The molecule has 2 unspecified atom stereocenters. The molecule has 0 amide bonds. The summed E-state index contributed by atoms with van der Waals surface area (Å²) >= 11 is 1.84. The summed E-state index contributed by atoms with van der Waals surface area (Å²) in [7, 11) is -3.06. The summed E-state index contributed by atoms with van der Waals surface area (Å²) < 4.78 is 26.2. The van der Waals surface area contributed by atoms with Crippen LogP contribution in [0.4, 0.5) is 0 Å². The van der Waals surface area contributed by atoms with E-state index in [1.807, 2.05) is 18.7 Å². The quantitative estimate of drug-likeness (QED) is 0.807. The zero-order valence-electron chi connectivity index (χ0n) is 9.68. The molecule has 2 aliphatic rings. The molecule has 0 bridgehead atoms. The van der Waals surface area contributed by atoms with Crippen molar-refractivity contribution < 1.29 is 8.42 Å². The number of hydrogen-bond donors (Lipinski definition) is 1. The topological polar surface area (TPSA) is 49.4 Å². The minimum Gasteiger partial charge on any atom is -0.313 e. The summed E-state index contributed by atoms with van der Waals surface area (Å²) in [6.45, 7) is 3.65. The van der Waals surface area contributed by atoms with Gasteiger partial charge in [-0.3, -0.25) is 0 Å². The van der Waals surface area contributed by atoms with Gasteiger partial charge in [0, 0.05) is 30.1 Å². The van der Waals surface area contributed by atoms with E-state index in [0.29, 0.717) is 6.54 Å². The van der Waals surface area contributed by atoms with Crippen LogP contribution in [-0.4, -0.2) is 55.2 Å². The van der Waals surface area contributed by atoms with Gasteiger partial charge in [0.1, 0.15) is 0 Å². The molecular weight excluding hydrogens is 244 g/mol. The molecule has 0 radical (unpaired) electrons. The van der Waals surface area contributed by atoms with Gasteiger partial charge in [0.2, 0.25) is 10.0 Å². The van der Waals surface area contributed by atoms with Crippen LogP contribution in [0.3, 0.4) is 0 Å². The summed E-state index contributed by atoms with van der Waals surface area (Å²) in [5.41, 5.74) is 0. The van der Waals surface area contributed by atoms with Gasteiger partial charge in [-0.25, -0.2) is 8.42 Å². The van der Waals surface area contributed by atoms with E-state index in [2.05, 4.69) is 5.32 Å². The molecule has 2 heterocycles. The molecule has 1 N–H and O–H groups in total. The van der Waals surface area contributed by atoms with Crippen molar-refractivity contribution in [2.75, 3.05) is 30.3 Å². The monoisotopic (exact) mass is 264 g/mol. The van der Waals surface area contributed by atoms with E-state index in [-0.39, 0.29) is 17.8 Å². The van der Waals surface area contributed by atoms with E-state index in [9.17, 15) is 8.42 Å². The Bertz CT molecular complexity index is 326. The summed E-state index contributed by atoms with van der Waals surface area (Å²) in [5, 5.41) is 3.26. The van der Waals surface area contributed by atoms with Gasteiger partial charge >= 0.3 is 0 Å². The minimum absolute atomic E-state index is 0.158. The molecule has 4 nitrogen and oxygen atoms in total. The lowest BCUT2D eigenvalue weighted by Crippen LogP contribution is -2.48. The second-order valence-electron chi connectivity index (χ2n) is 4.61. The van der Waals surface area contributed by atoms with Gasteiger partial charge in [-0.05, 0) is 26.3 Å². The Hall–Kier alpha value is 0.220. The maximum Gasteiger partial charge on any atom is 0.215 e. The molecular formula is C10H20N2O2S2. The third-order valence-electron chi connectivity index (χ3n) is 3.24. The molecule has 2 fully saturated rings. The zero-order chi connectivity index (χ0) is 11.6. The predicted molar refractivity (Wildman–Crippen MR) is 68.3 cm³/mol. The Morgan fingerprint density at radius 2 is 2.31 bits per heavy atom. The molecule has 2 saturated heterocycles. The van der Waals surface area contributed by atoms with Gasteiger partial charge in [-0.15, -0.1) is 0 Å². The highest BCUT2D eigenvalue weighted by atomic mass is 32.2. The maximum atomic E-state index is 12.2. The Balaban J connectivity index is 1.99. The third-order valence-corrected chi connectivity index (χ3v) is 6.51. The number of sulfonamides is 1. The van der Waals surface area contributed by atoms with Crippen LogP contribution in [0, 0.1) is 0 Å². The van der Waals surface area contributed by atoms with Crippen molar-refractivity contribution in [1.82, 2.24) is 9.62 Å². The standard InChI is InChI=1S/C10H20N2O2S2/c1-9-7-15-6-5-12(9)16(13,14)8-10-3-2-4-11-10/h9-11H,2-8H2,1H3. The Kier molecular flexibility index (Phi) is 4.15. The van der Waals surface area contributed by atoms with Crippen molar-refractivity contribution in [1.29, 1.82) is 0 Å². The van der Waals surface area contributed by atoms with Crippen molar-refractivity contribution in [2.45, 2.75) is 31.8 Å². The van der Waals surface area contributed by atoms with Crippen LogP contribution in [0.5, 0.6) is 0 Å². The van der Waals surface area contributed by atoms with Crippen LogP contribution < -0.4 is 5.32 Å². The predicted octanol–water partition coefficient (Wildman–Crippen LogP) is 0.505. The highest BCUT2D eigenvalue weighted by Crippen LogP contribution is 2.21. The van der Waals surface area contributed by atoms with Gasteiger partial charge in [0.25, 0.3) is 0 Å². The first-order chi connectivity index (χ1) is 7.59. The van der Waals surface area contributed by atoms with Crippen molar-refractivity contribution in [3.8, 4) is 0 Å². The molecule has 0 aromatic carbocycles. The van der Waals surface area contributed by atoms with Crippen molar-refractivity contribution in [3.63, 3.8) is 0 Å². The molecule has 94 valence electrons. The smallest absolute Gasteiger partial charge is 0.215 e. The Morgan fingerprint density at radius 1 is 1.50 bits per heavy atom. The van der Waals surface area contributed by atoms with E-state index in [1.54, 1.807) is 4.31 Å². The van der Waals surface area contributed by atoms with Crippen molar-refractivity contribution in [2.24, 2.45) is 0 Å². The lowest BCUT2D eigenvalue weighted by atomic mass is 10.3. The molecule has 0 spiro atoms. The van der Waals surface area contributed by atoms with Gasteiger partial charge in [0.15, 0.2) is 0 Å². The number of thioether (sulfide) groups is 1. The average Bonchev–Trinajstić information content (AvgIpc) is 2.70. The fourth-order valence-corrected chi connectivity index (χ4v) is 5.57. The van der Waals surface area contributed by atoms with E-state index in [4.69, 9.17) is 0 Å². The highest BCUT2D eigenvalue weighted by molar-refractivity contribution is 7.99. The van der Waals surface area contributed by atoms with Crippen molar-refractivity contribution in [3.05, 3.63) is 0 Å². The van der Waals surface area contributed by atoms with Gasteiger partial charge in [-0.2, -0.15) is 16.1 Å². The first-order valence-corrected chi connectivity index (χ1v) is 8.66. The third kappa shape index (κ3) is 2.91. The molecule has 2 rings (SSSR count). The summed E-state index contributed by atoms with van der Waals surface area (Å²) in [6.07, 6.45) is 2.10. The number of nitrogens with one attached hydrogen (secondary N) is 1. The summed E-state index contributed by atoms with van der Waals surface area (Å²) in [4.78, 5) is 0. The Morgan fingerprint density at radius 3 is 2.94 bits per heavy atom. The van der Waals surface area contributed by atoms with Crippen LogP contribution in [0.1, 0.15) is 19.8 Å². The van der Waals surface area contributed by atoms with Gasteiger partial charge in [0.05, 0.1) is 5.75 Å². The maximum absolute atomic E-state index is 12.2. The summed E-state index contributed by atoms with van der Waals surface area (Å²) in [5.74, 6) is 2.14. The van der Waals surface area contributed by atoms with E-state index in [0.717, 1.165) is 30.9 Å². The molecule has 0 aromatic heterocycles. The average molecular weight is 264 g/mol. The lowest BCUT2D eigenvalue weighted by Gasteiger charge is -2.32. The van der Waals surface area contributed by atoms with Crippen molar-refractivity contribution >= 4 is 21.8 Å². The van der Waals surface area contributed by atoms with E-state index >= 15 is 0 Å². The molecule has 2 atom stereocenters. The molecule has 16 heavy (non-hydrogen) atoms. The lowest BCUT2D eigenvalue weighted by molar-refractivity contribution is 0.365. The zero-order valence-corrected chi connectivity index (χ0v) is 11.3. The fraction of sp³-hybridized carbons (Fsp3) is 1.00. The normalized spacial score (nSPS) is 33.1. The molecule has 6 heteroatoms. The first kappa shape index (κ1) is 12.7. The number of nitrogens with zero attached hydrogens (tertiary/aromatic N) is 1. The van der Waals surface area contributed by atoms with Crippen LogP contribution in [-0.2, 0) is 10.0 Å². The van der Waals surface area contributed by atoms with Crippen LogP contribution in [0.25, 0.3) is 0 Å². The molecule has 0 aromatic rings. The van der Waals surface area contributed by atoms with E-state index < -0.39 is 10.0 Å². The first-order valence-electron chi connectivity index (χ1n) is 5.90. The fourth-order valence-electron chi connectivity index (χ4n) is 2.37. The van der Waals surface area contributed by atoms with Crippen LogP contribution in [0.2, 0.25) is 0 Å². The number of rotatable bonds is 3. The highest BCUT2D eigenvalue weighted by Gasteiger charge is 2.32. The molecule has 0 aliphatic carbocycles. The minimum atomic E-state index is -3.06. The van der Waals surface area contributed by atoms with Crippen LogP contribution in [0.15, 0.2) is 0 Å². The summed E-state index contributed by atoms with van der Waals surface area (Å²) in [6, 6.07) is 0.330. The second kappa shape index (κ2) is 5.25. The number of hydrogen-bond acceptors (Lipinski definition) is 4. The van der Waals surface area contributed by atoms with Gasteiger partial charge in [-0.1, -0.05) is 0 Å². The molecule has 0 saturated carbocycles. The van der Waals surface area contributed by atoms with E-state index in [1.165, 1.54) is 0 Å². The van der Waals surface area contributed by atoms with Gasteiger partial charge < -0.3 is 5.32 Å². The van der Waals surface area contributed by atoms with Crippen LogP contribution >= 0.6 is 11.8 Å². The SMILES string of the molecule is CC1CSCCN1S(=O)(=O)CC1CCCN1. The second-order valence-corrected chi connectivity index (χ2v) is 7.72. The molecule has 2 aliphatic heterocycles. The largest absolute Gasteiger partial charge is 0.313 e.